The van der Waals surface area contributed by atoms with Crippen LogP contribution in [0.15, 0.2) is 24.3 Å². The van der Waals surface area contributed by atoms with Crippen LogP contribution in [0.4, 0.5) is 5.69 Å². The van der Waals surface area contributed by atoms with Crippen LogP contribution in [0.1, 0.15) is 17.0 Å². The molecule has 0 saturated carbocycles. The van der Waals surface area contributed by atoms with Crippen molar-refractivity contribution in [2.75, 3.05) is 6.61 Å². The molecule has 0 aliphatic rings. The van der Waals surface area contributed by atoms with Crippen molar-refractivity contribution < 1.29 is 14.8 Å². The number of aliphatic hydroxyl groups excluding tert-OH is 1. The van der Waals surface area contributed by atoms with Gasteiger partial charge in [-0.1, -0.05) is 0 Å². The zero-order valence-corrected chi connectivity index (χ0v) is 12.8. The van der Waals surface area contributed by atoms with E-state index in [-0.39, 0.29) is 18.8 Å². The molecule has 0 unspecified atom stereocenters. The Balaban J connectivity index is 1.97. The maximum absolute atomic E-state index is 10.9. The maximum atomic E-state index is 10.9. The van der Waals surface area contributed by atoms with Gasteiger partial charge >= 0.3 is 5.69 Å². The lowest BCUT2D eigenvalue weighted by atomic mass is 10.2. The summed E-state index contributed by atoms with van der Waals surface area (Å²) >= 11 is 0. The van der Waals surface area contributed by atoms with E-state index in [1.807, 2.05) is 6.07 Å². The van der Waals surface area contributed by atoms with Crippen molar-refractivity contribution >= 4 is 5.69 Å². The van der Waals surface area contributed by atoms with Crippen molar-refractivity contribution in [1.29, 1.82) is 5.26 Å². The third-order valence-electron chi connectivity index (χ3n) is 3.34. The molecule has 0 fully saturated rings. The van der Waals surface area contributed by atoms with Gasteiger partial charge in [-0.05, 0) is 38.1 Å². The molecule has 0 saturated heterocycles. The lowest BCUT2D eigenvalue weighted by Gasteiger charge is -2.13. The fraction of sp³-hybridized carbons (Fsp3) is 0.333. The SMILES string of the molecule is Cc1nn(C[C@@H](O)COc2ccc(C#N)cc2)c(C)c1[N+](=O)[O-]. The lowest BCUT2D eigenvalue weighted by molar-refractivity contribution is -0.386. The number of aryl methyl sites for hydroxylation is 1. The van der Waals surface area contributed by atoms with E-state index < -0.39 is 11.0 Å². The first-order chi connectivity index (χ1) is 10.9. The van der Waals surface area contributed by atoms with E-state index in [0.29, 0.717) is 22.7 Å². The molecule has 1 aromatic carbocycles. The predicted octanol–water partition coefficient (Wildman–Crippen LogP) is 1.72. The minimum Gasteiger partial charge on any atom is -0.491 e. The zero-order chi connectivity index (χ0) is 17.0. The Morgan fingerprint density at radius 3 is 2.61 bits per heavy atom. The second-order valence-electron chi connectivity index (χ2n) is 5.06. The van der Waals surface area contributed by atoms with Crippen LogP contribution in [-0.2, 0) is 6.54 Å². The van der Waals surface area contributed by atoms with Gasteiger partial charge in [0.2, 0.25) is 0 Å². The largest absolute Gasteiger partial charge is 0.491 e. The van der Waals surface area contributed by atoms with Gasteiger partial charge in [-0.2, -0.15) is 10.4 Å². The van der Waals surface area contributed by atoms with Crippen molar-refractivity contribution in [2.24, 2.45) is 0 Å². The van der Waals surface area contributed by atoms with Crippen LogP contribution in [0.2, 0.25) is 0 Å². The molecular formula is C15H16N4O4. The molecule has 120 valence electrons. The Hall–Kier alpha value is -2.92. The normalized spacial score (nSPS) is 11.7. The quantitative estimate of drug-likeness (QED) is 0.641. The van der Waals surface area contributed by atoms with Gasteiger partial charge in [-0.3, -0.25) is 14.8 Å². The highest BCUT2D eigenvalue weighted by Crippen LogP contribution is 2.22. The summed E-state index contributed by atoms with van der Waals surface area (Å²) in [5.41, 5.74) is 1.19. The number of hydrogen-bond acceptors (Lipinski definition) is 6. The average molecular weight is 316 g/mol. The molecule has 1 heterocycles. The molecule has 0 amide bonds. The summed E-state index contributed by atoms with van der Waals surface area (Å²) in [4.78, 5) is 10.5. The summed E-state index contributed by atoms with van der Waals surface area (Å²) in [5, 5.41) is 33.8. The van der Waals surface area contributed by atoms with E-state index in [9.17, 15) is 15.2 Å². The number of nitro groups is 1. The fourth-order valence-corrected chi connectivity index (χ4v) is 2.20. The molecule has 0 spiro atoms. The van der Waals surface area contributed by atoms with Crippen molar-refractivity contribution in [3.05, 3.63) is 51.3 Å². The van der Waals surface area contributed by atoms with Gasteiger partial charge in [-0.25, -0.2) is 0 Å². The Bertz CT molecular complexity index is 746. The van der Waals surface area contributed by atoms with Crippen LogP contribution in [0.3, 0.4) is 0 Å². The molecular weight excluding hydrogens is 300 g/mol. The highest BCUT2D eigenvalue weighted by molar-refractivity contribution is 5.39. The Kier molecular flexibility index (Phi) is 4.93. The predicted molar refractivity (Wildman–Crippen MR) is 81.0 cm³/mol. The van der Waals surface area contributed by atoms with Crippen LogP contribution in [-0.4, -0.2) is 32.5 Å². The first kappa shape index (κ1) is 16.5. The lowest BCUT2D eigenvalue weighted by Crippen LogP contribution is -2.24. The third kappa shape index (κ3) is 3.84. The monoisotopic (exact) mass is 316 g/mol. The van der Waals surface area contributed by atoms with Gasteiger partial charge < -0.3 is 9.84 Å². The van der Waals surface area contributed by atoms with E-state index in [2.05, 4.69) is 5.10 Å². The molecule has 1 aromatic heterocycles. The number of benzene rings is 1. The molecule has 0 radical (unpaired) electrons. The molecule has 23 heavy (non-hydrogen) atoms. The zero-order valence-electron chi connectivity index (χ0n) is 12.8. The highest BCUT2D eigenvalue weighted by Gasteiger charge is 2.22. The smallest absolute Gasteiger partial charge is 0.312 e. The minimum absolute atomic E-state index is 0.0119. The van der Waals surface area contributed by atoms with Crippen LogP contribution < -0.4 is 4.74 Å². The Morgan fingerprint density at radius 1 is 1.43 bits per heavy atom. The number of ether oxygens (including phenoxy) is 1. The van der Waals surface area contributed by atoms with Gasteiger partial charge in [0.1, 0.15) is 29.8 Å². The average Bonchev–Trinajstić information content (AvgIpc) is 2.79. The highest BCUT2D eigenvalue weighted by atomic mass is 16.6. The van der Waals surface area contributed by atoms with Crippen LogP contribution in [0.5, 0.6) is 5.75 Å². The number of nitrogens with zero attached hydrogens (tertiary/aromatic N) is 4. The molecule has 2 aromatic rings. The molecule has 0 aliphatic heterocycles. The van der Waals surface area contributed by atoms with Gasteiger partial charge in [0.05, 0.1) is 23.1 Å². The summed E-state index contributed by atoms with van der Waals surface area (Å²) in [6.07, 6.45) is -0.872. The van der Waals surface area contributed by atoms with Gasteiger partial charge in [0.25, 0.3) is 0 Å². The van der Waals surface area contributed by atoms with Gasteiger partial charge in [-0.15, -0.1) is 0 Å². The number of nitriles is 1. The Morgan fingerprint density at radius 2 is 2.09 bits per heavy atom. The summed E-state index contributed by atoms with van der Waals surface area (Å²) in [7, 11) is 0. The second-order valence-corrected chi connectivity index (χ2v) is 5.06. The van der Waals surface area contributed by atoms with Crippen LogP contribution >= 0.6 is 0 Å². The number of aliphatic hydroxyl groups is 1. The van der Waals surface area contributed by atoms with E-state index >= 15 is 0 Å². The molecule has 1 N–H and O–H groups in total. The fourth-order valence-electron chi connectivity index (χ4n) is 2.20. The van der Waals surface area contributed by atoms with Gasteiger partial charge in [0, 0.05) is 0 Å². The standard InChI is InChI=1S/C15H16N4O4/c1-10-15(19(21)22)11(2)18(17-10)8-13(20)9-23-14-5-3-12(7-16)4-6-14/h3-6,13,20H,8-9H2,1-2H3/t13-/m1/s1. The number of rotatable bonds is 6. The number of aromatic nitrogens is 2. The third-order valence-corrected chi connectivity index (χ3v) is 3.34. The van der Waals surface area contributed by atoms with Crippen LogP contribution in [0, 0.1) is 35.3 Å². The molecule has 2 rings (SSSR count). The first-order valence-electron chi connectivity index (χ1n) is 6.91. The van der Waals surface area contributed by atoms with Crippen molar-refractivity contribution in [3.8, 4) is 11.8 Å². The van der Waals surface area contributed by atoms with Crippen molar-refractivity contribution in [3.63, 3.8) is 0 Å². The molecule has 8 heteroatoms. The van der Waals surface area contributed by atoms with E-state index in [1.165, 1.54) is 4.68 Å². The molecule has 0 aliphatic carbocycles. The minimum atomic E-state index is -0.872. The summed E-state index contributed by atoms with van der Waals surface area (Å²) in [6.45, 7) is 3.25. The summed E-state index contributed by atoms with van der Waals surface area (Å²) < 4.78 is 6.83. The van der Waals surface area contributed by atoms with Gasteiger partial charge in [0.15, 0.2) is 0 Å². The van der Waals surface area contributed by atoms with E-state index in [4.69, 9.17) is 10.00 Å². The van der Waals surface area contributed by atoms with Crippen molar-refractivity contribution in [2.45, 2.75) is 26.5 Å². The summed E-state index contributed by atoms with van der Waals surface area (Å²) in [6, 6.07) is 8.51. The summed E-state index contributed by atoms with van der Waals surface area (Å²) in [5.74, 6) is 0.530. The molecule has 1 atom stereocenters. The topological polar surface area (TPSA) is 114 Å². The number of hydrogen-bond donors (Lipinski definition) is 1. The van der Waals surface area contributed by atoms with E-state index in [0.717, 1.165) is 0 Å². The maximum Gasteiger partial charge on any atom is 0.312 e. The molecule has 0 bridgehead atoms. The van der Waals surface area contributed by atoms with Crippen LogP contribution in [0.25, 0.3) is 0 Å². The van der Waals surface area contributed by atoms with Crippen molar-refractivity contribution in [1.82, 2.24) is 9.78 Å². The second kappa shape index (κ2) is 6.89. The first-order valence-corrected chi connectivity index (χ1v) is 6.91. The van der Waals surface area contributed by atoms with E-state index in [1.54, 1.807) is 38.1 Å². The molecule has 8 nitrogen and oxygen atoms in total. The Labute approximate surface area is 132 Å².